The van der Waals surface area contributed by atoms with Gasteiger partial charge in [0.05, 0.1) is 17.8 Å². The molecular formula is C24H32N6O3S. The molecular weight excluding hydrogens is 452 g/mol. The number of likely N-dealkylation sites (tertiary alicyclic amines) is 2. The fraction of sp³-hybridized carbons (Fsp3) is 0.583. The molecule has 0 bridgehead atoms. The third-order valence-corrected chi connectivity index (χ3v) is 7.78. The molecule has 1 unspecified atom stereocenters. The number of hydrogen-bond donors (Lipinski definition) is 2. The van der Waals surface area contributed by atoms with Crippen LogP contribution in [0.3, 0.4) is 0 Å². The van der Waals surface area contributed by atoms with Gasteiger partial charge in [-0.3, -0.25) is 19.7 Å². The second kappa shape index (κ2) is 8.81. The quantitative estimate of drug-likeness (QED) is 0.576. The summed E-state index contributed by atoms with van der Waals surface area (Å²) in [4.78, 5) is 39.2. The van der Waals surface area contributed by atoms with E-state index >= 15 is 0 Å². The Kier molecular flexibility index (Phi) is 5.97. The summed E-state index contributed by atoms with van der Waals surface area (Å²) < 4.78 is 6.31. The van der Waals surface area contributed by atoms with E-state index in [1.807, 2.05) is 33.8 Å². The summed E-state index contributed by atoms with van der Waals surface area (Å²) in [6, 6.07) is 1.83. The van der Waals surface area contributed by atoms with E-state index in [-0.39, 0.29) is 23.7 Å². The molecule has 0 saturated carbocycles. The molecule has 3 aromatic heterocycles. The number of carbonyl (C=O) groups is 1. The van der Waals surface area contributed by atoms with E-state index in [9.17, 15) is 9.59 Å². The number of nitrogens with zero attached hydrogens (tertiary/aromatic N) is 4. The molecule has 0 radical (unpaired) electrons. The van der Waals surface area contributed by atoms with Crippen LogP contribution in [0.1, 0.15) is 64.0 Å². The minimum absolute atomic E-state index is 0.178. The number of aryl methyl sites for hydroxylation is 1. The molecule has 0 aliphatic carbocycles. The van der Waals surface area contributed by atoms with E-state index in [0.717, 1.165) is 35.6 Å². The molecule has 2 saturated heterocycles. The van der Waals surface area contributed by atoms with Crippen molar-refractivity contribution in [1.29, 1.82) is 0 Å². The zero-order valence-electron chi connectivity index (χ0n) is 20.2. The van der Waals surface area contributed by atoms with Crippen LogP contribution in [0.5, 0.6) is 0 Å². The van der Waals surface area contributed by atoms with Crippen LogP contribution in [0.25, 0.3) is 20.7 Å². The third kappa shape index (κ3) is 4.48. The fourth-order valence-corrected chi connectivity index (χ4v) is 6.05. The highest BCUT2D eigenvalue weighted by atomic mass is 32.1. The second-order valence-electron chi connectivity index (χ2n) is 10.3. The Bertz CT molecular complexity index is 1250. The lowest BCUT2D eigenvalue weighted by Crippen LogP contribution is -2.42. The standard InChI is InChI=1S/C24H32N6O3S/c1-14-16(12-25-28-14)19-11-17-20(34-19)22(31)27-21(26-17)18-10-15(29-8-6-5-7-9-29)13-30(18)23(32)33-24(2,3)4/h11-12,15,18H,5-10,13H2,1-4H3,(H,25,28)(H,26,27,31)/t15?,18-/m0/s1. The Labute approximate surface area is 202 Å². The molecule has 1 amide bonds. The van der Waals surface area contributed by atoms with Gasteiger partial charge in [0.25, 0.3) is 5.56 Å². The van der Waals surface area contributed by atoms with Crippen LogP contribution in [-0.4, -0.2) is 67.3 Å². The van der Waals surface area contributed by atoms with Crippen LogP contribution in [0, 0.1) is 6.92 Å². The van der Waals surface area contributed by atoms with Crippen molar-refractivity contribution in [1.82, 2.24) is 30.0 Å². The van der Waals surface area contributed by atoms with Crippen molar-refractivity contribution in [3.8, 4) is 10.4 Å². The predicted molar refractivity (Wildman–Crippen MR) is 132 cm³/mol. The highest BCUT2D eigenvalue weighted by Gasteiger charge is 2.42. The first-order valence-corrected chi connectivity index (χ1v) is 12.8. The lowest BCUT2D eigenvalue weighted by atomic mass is 10.1. The number of rotatable bonds is 3. The van der Waals surface area contributed by atoms with Crippen LogP contribution in [0.2, 0.25) is 0 Å². The molecule has 0 spiro atoms. The Balaban J connectivity index is 1.50. The molecule has 3 aromatic rings. The van der Waals surface area contributed by atoms with Crippen molar-refractivity contribution in [2.75, 3.05) is 19.6 Å². The molecule has 2 N–H and O–H groups in total. The third-order valence-electron chi connectivity index (χ3n) is 6.63. The molecule has 2 aliphatic rings. The van der Waals surface area contributed by atoms with Crippen molar-refractivity contribution >= 4 is 27.6 Å². The molecule has 5 rings (SSSR count). The van der Waals surface area contributed by atoms with Gasteiger partial charge in [0.2, 0.25) is 0 Å². The van der Waals surface area contributed by atoms with Gasteiger partial charge in [0.1, 0.15) is 16.1 Å². The fourth-order valence-electron chi connectivity index (χ4n) is 4.99. The Morgan fingerprint density at radius 2 is 2.00 bits per heavy atom. The summed E-state index contributed by atoms with van der Waals surface area (Å²) in [5.74, 6) is 0.524. The highest BCUT2D eigenvalue weighted by Crippen LogP contribution is 2.37. The average Bonchev–Trinajstić information content (AvgIpc) is 3.50. The maximum absolute atomic E-state index is 13.2. The molecule has 182 valence electrons. The smallest absolute Gasteiger partial charge is 0.410 e. The molecule has 2 aliphatic heterocycles. The predicted octanol–water partition coefficient (Wildman–Crippen LogP) is 4.22. The first-order valence-electron chi connectivity index (χ1n) is 12.0. The van der Waals surface area contributed by atoms with Gasteiger partial charge in [-0.15, -0.1) is 11.3 Å². The summed E-state index contributed by atoms with van der Waals surface area (Å²) in [6.45, 7) is 10.2. The lowest BCUT2D eigenvalue weighted by molar-refractivity contribution is 0.0206. The SMILES string of the molecule is Cc1[nH]ncc1-c1cc2nc([C@@H]3CC(N4CCCCC4)CN3C(=O)OC(C)(C)C)[nH]c(=O)c2s1. The Morgan fingerprint density at radius 3 is 2.68 bits per heavy atom. The number of fused-ring (bicyclic) bond motifs is 1. The topological polar surface area (TPSA) is 107 Å². The van der Waals surface area contributed by atoms with E-state index in [1.165, 1.54) is 30.6 Å². The van der Waals surface area contributed by atoms with E-state index in [4.69, 9.17) is 9.72 Å². The maximum atomic E-state index is 13.2. The number of ether oxygens (including phenoxy) is 1. The molecule has 2 fully saturated rings. The van der Waals surface area contributed by atoms with Gasteiger partial charge in [-0.25, -0.2) is 9.78 Å². The monoisotopic (exact) mass is 484 g/mol. The first-order chi connectivity index (χ1) is 16.2. The second-order valence-corrected chi connectivity index (χ2v) is 11.4. The Hall–Kier alpha value is -2.72. The molecule has 9 nitrogen and oxygen atoms in total. The van der Waals surface area contributed by atoms with Gasteiger partial charge < -0.3 is 9.72 Å². The number of aromatic nitrogens is 4. The summed E-state index contributed by atoms with van der Waals surface area (Å²) in [5, 5.41) is 7.04. The number of aromatic amines is 2. The van der Waals surface area contributed by atoms with E-state index in [2.05, 4.69) is 20.1 Å². The largest absolute Gasteiger partial charge is 0.444 e. The van der Waals surface area contributed by atoms with E-state index < -0.39 is 5.60 Å². The van der Waals surface area contributed by atoms with Crippen molar-refractivity contribution in [3.63, 3.8) is 0 Å². The van der Waals surface area contributed by atoms with Gasteiger partial charge in [0, 0.05) is 28.7 Å². The minimum atomic E-state index is -0.597. The zero-order chi connectivity index (χ0) is 24.0. The number of carbonyl (C=O) groups excluding carboxylic acids is 1. The average molecular weight is 485 g/mol. The van der Waals surface area contributed by atoms with Crippen LogP contribution >= 0.6 is 11.3 Å². The lowest BCUT2D eigenvalue weighted by Gasteiger charge is -2.32. The minimum Gasteiger partial charge on any atom is -0.444 e. The normalized spacial score (nSPS) is 21.9. The zero-order valence-corrected chi connectivity index (χ0v) is 21.0. The van der Waals surface area contributed by atoms with Gasteiger partial charge in [-0.05, 0) is 66.1 Å². The summed E-state index contributed by atoms with van der Waals surface area (Å²) in [7, 11) is 0. The molecule has 2 atom stereocenters. The van der Waals surface area contributed by atoms with Gasteiger partial charge in [0.15, 0.2) is 0 Å². The first kappa shape index (κ1) is 23.0. The number of nitrogens with one attached hydrogen (secondary N) is 2. The van der Waals surface area contributed by atoms with E-state index in [0.29, 0.717) is 22.6 Å². The van der Waals surface area contributed by atoms with E-state index in [1.54, 1.807) is 11.1 Å². The van der Waals surface area contributed by atoms with Crippen molar-refractivity contribution in [2.24, 2.45) is 0 Å². The van der Waals surface area contributed by atoms with Crippen molar-refractivity contribution < 1.29 is 9.53 Å². The summed E-state index contributed by atoms with van der Waals surface area (Å²) >= 11 is 1.41. The van der Waals surface area contributed by atoms with Crippen LogP contribution in [0.15, 0.2) is 17.1 Å². The van der Waals surface area contributed by atoms with Crippen molar-refractivity contribution in [2.45, 2.75) is 71.1 Å². The summed E-state index contributed by atoms with van der Waals surface area (Å²) in [5.41, 5.74) is 1.78. The van der Waals surface area contributed by atoms with Gasteiger partial charge in [-0.2, -0.15) is 5.10 Å². The summed E-state index contributed by atoms with van der Waals surface area (Å²) in [6.07, 6.45) is 5.75. The van der Waals surface area contributed by atoms with Crippen LogP contribution < -0.4 is 5.56 Å². The van der Waals surface area contributed by atoms with Crippen molar-refractivity contribution in [3.05, 3.63) is 34.1 Å². The van der Waals surface area contributed by atoms with Gasteiger partial charge in [-0.1, -0.05) is 6.42 Å². The van der Waals surface area contributed by atoms with Gasteiger partial charge >= 0.3 is 6.09 Å². The van der Waals surface area contributed by atoms with Crippen LogP contribution in [-0.2, 0) is 4.74 Å². The number of piperidine rings is 1. The molecule has 0 aromatic carbocycles. The number of hydrogen-bond acceptors (Lipinski definition) is 7. The number of amides is 1. The maximum Gasteiger partial charge on any atom is 0.410 e. The number of thiophene rings is 1. The molecule has 34 heavy (non-hydrogen) atoms. The van der Waals surface area contributed by atoms with Crippen LogP contribution in [0.4, 0.5) is 4.79 Å². The Morgan fingerprint density at radius 1 is 1.24 bits per heavy atom. The molecule has 5 heterocycles. The molecule has 10 heteroatoms. The number of H-pyrrole nitrogens is 2. The highest BCUT2D eigenvalue weighted by molar-refractivity contribution is 7.22.